The number of rotatable bonds is 6. The van der Waals surface area contributed by atoms with Crippen LogP contribution >= 0.6 is 0 Å². The third-order valence-electron chi connectivity index (χ3n) is 2.97. The fraction of sp³-hybridized carbons (Fsp3) is 0.312. The number of nitrogens with zero attached hydrogens (tertiary/aromatic N) is 1. The lowest BCUT2D eigenvalue weighted by Crippen LogP contribution is -2.39. The molecule has 0 aromatic heterocycles. The number of nitrogens with one attached hydrogen (secondary N) is 1. The number of carboxylic acids is 1. The largest absolute Gasteiger partial charge is 0.481 e. The second-order valence-corrected chi connectivity index (χ2v) is 5.03. The zero-order chi connectivity index (χ0) is 15.8. The number of amides is 1. The van der Waals surface area contributed by atoms with E-state index in [1.165, 1.54) is 6.08 Å². The number of hydrogen-bond acceptors (Lipinski definition) is 3. The van der Waals surface area contributed by atoms with Gasteiger partial charge in [-0.1, -0.05) is 26.0 Å². The van der Waals surface area contributed by atoms with Crippen molar-refractivity contribution in [1.82, 2.24) is 5.32 Å². The lowest BCUT2D eigenvalue weighted by molar-refractivity contribution is -0.138. The van der Waals surface area contributed by atoms with E-state index in [1.807, 2.05) is 19.9 Å². The fourth-order valence-corrected chi connectivity index (χ4v) is 1.76. The number of nitriles is 1. The van der Waals surface area contributed by atoms with E-state index in [4.69, 9.17) is 10.4 Å². The molecule has 1 unspecified atom stereocenters. The van der Waals surface area contributed by atoms with Crippen molar-refractivity contribution in [3.63, 3.8) is 0 Å². The van der Waals surface area contributed by atoms with Gasteiger partial charge in [0.1, 0.15) is 0 Å². The Bertz CT molecular complexity index is 585. The van der Waals surface area contributed by atoms with Gasteiger partial charge in [-0.15, -0.1) is 0 Å². The number of hydrogen-bond donors (Lipinski definition) is 2. The quantitative estimate of drug-likeness (QED) is 0.784. The molecule has 1 amide bonds. The summed E-state index contributed by atoms with van der Waals surface area (Å²) in [6.45, 7) is 3.71. The Morgan fingerprint density at radius 1 is 1.43 bits per heavy atom. The van der Waals surface area contributed by atoms with Crippen LogP contribution in [0.4, 0.5) is 0 Å². The van der Waals surface area contributed by atoms with Crippen molar-refractivity contribution < 1.29 is 14.7 Å². The standard InChI is InChI=1S/C16H18N2O3/c1-11(2)14(9-16(20)21)18-15(19)7-6-12-4-3-5-13(8-12)10-17/h3-8,11,14H,9H2,1-2H3,(H,18,19)(H,20,21)/b7-6+. The summed E-state index contributed by atoms with van der Waals surface area (Å²) in [4.78, 5) is 22.6. The molecule has 1 atom stereocenters. The van der Waals surface area contributed by atoms with E-state index in [9.17, 15) is 9.59 Å². The van der Waals surface area contributed by atoms with Gasteiger partial charge < -0.3 is 10.4 Å². The molecule has 0 aliphatic heterocycles. The van der Waals surface area contributed by atoms with E-state index in [0.29, 0.717) is 5.56 Å². The predicted molar refractivity (Wildman–Crippen MR) is 79.2 cm³/mol. The van der Waals surface area contributed by atoms with Crippen LogP contribution in [0.3, 0.4) is 0 Å². The average Bonchev–Trinajstić information content (AvgIpc) is 2.44. The second kappa shape index (κ2) is 7.85. The number of benzene rings is 1. The van der Waals surface area contributed by atoms with Crippen molar-refractivity contribution in [2.45, 2.75) is 26.3 Å². The molecule has 0 radical (unpaired) electrons. The normalized spacial score (nSPS) is 12.1. The monoisotopic (exact) mass is 286 g/mol. The van der Waals surface area contributed by atoms with Crippen LogP contribution in [0.2, 0.25) is 0 Å². The molecule has 110 valence electrons. The summed E-state index contributed by atoms with van der Waals surface area (Å²) < 4.78 is 0. The van der Waals surface area contributed by atoms with Gasteiger partial charge in [0.05, 0.1) is 18.1 Å². The van der Waals surface area contributed by atoms with Gasteiger partial charge in [-0.3, -0.25) is 9.59 Å². The summed E-state index contributed by atoms with van der Waals surface area (Å²) >= 11 is 0. The van der Waals surface area contributed by atoms with Crippen LogP contribution in [0.5, 0.6) is 0 Å². The molecule has 5 nitrogen and oxygen atoms in total. The Hall–Kier alpha value is -2.61. The molecule has 0 aliphatic rings. The predicted octanol–water partition coefficient (Wildman–Crippen LogP) is 2.19. The van der Waals surface area contributed by atoms with Crippen LogP contribution < -0.4 is 5.32 Å². The lowest BCUT2D eigenvalue weighted by atomic mass is 10.0. The molecule has 21 heavy (non-hydrogen) atoms. The Morgan fingerprint density at radius 3 is 2.71 bits per heavy atom. The number of carboxylic acid groups (broad SMARTS) is 1. The minimum Gasteiger partial charge on any atom is -0.481 e. The highest BCUT2D eigenvalue weighted by molar-refractivity contribution is 5.92. The molecule has 0 heterocycles. The first-order valence-electron chi connectivity index (χ1n) is 6.63. The molecule has 0 fully saturated rings. The molecular formula is C16H18N2O3. The topological polar surface area (TPSA) is 90.2 Å². The molecule has 2 N–H and O–H groups in total. The van der Waals surface area contributed by atoms with Crippen molar-refractivity contribution in [2.24, 2.45) is 5.92 Å². The van der Waals surface area contributed by atoms with Crippen molar-refractivity contribution in [3.05, 3.63) is 41.5 Å². The highest BCUT2D eigenvalue weighted by Crippen LogP contribution is 2.08. The van der Waals surface area contributed by atoms with Gasteiger partial charge in [-0.05, 0) is 29.7 Å². The van der Waals surface area contributed by atoms with E-state index in [0.717, 1.165) is 5.56 Å². The van der Waals surface area contributed by atoms with Crippen LogP contribution in [0.15, 0.2) is 30.3 Å². The average molecular weight is 286 g/mol. The number of aliphatic carboxylic acids is 1. The summed E-state index contributed by atoms with van der Waals surface area (Å²) in [6.07, 6.45) is 2.82. The van der Waals surface area contributed by atoms with Gasteiger partial charge in [0.25, 0.3) is 0 Å². The van der Waals surface area contributed by atoms with E-state index in [1.54, 1.807) is 30.3 Å². The molecule has 0 spiro atoms. The van der Waals surface area contributed by atoms with Crippen LogP contribution in [-0.4, -0.2) is 23.0 Å². The van der Waals surface area contributed by atoms with E-state index in [2.05, 4.69) is 5.32 Å². The van der Waals surface area contributed by atoms with E-state index in [-0.39, 0.29) is 18.2 Å². The molecule has 1 aromatic rings. The Kier molecular flexibility index (Phi) is 6.15. The summed E-state index contributed by atoms with van der Waals surface area (Å²) in [5.41, 5.74) is 1.26. The third-order valence-corrected chi connectivity index (χ3v) is 2.97. The first-order valence-corrected chi connectivity index (χ1v) is 6.63. The first-order chi connectivity index (χ1) is 9.92. The van der Waals surface area contributed by atoms with E-state index >= 15 is 0 Å². The highest BCUT2D eigenvalue weighted by Gasteiger charge is 2.18. The highest BCUT2D eigenvalue weighted by atomic mass is 16.4. The molecule has 5 heteroatoms. The molecule has 1 aromatic carbocycles. The summed E-state index contributed by atoms with van der Waals surface area (Å²) in [7, 11) is 0. The van der Waals surface area contributed by atoms with Crippen molar-refractivity contribution in [1.29, 1.82) is 5.26 Å². The van der Waals surface area contributed by atoms with Crippen LogP contribution in [0, 0.1) is 17.2 Å². The van der Waals surface area contributed by atoms with Gasteiger partial charge in [-0.2, -0.15) is 5.26 Å². The van der Waals surface area contributed by atoms with Crippen molar-refractivity contribution in [3.8, 4) is 6.07 Å². The van der Waals surface area contributed by atoms with Gasteiger partial charge in [0, 0.05) is 12.1 Å². The van der Waals surface area contributed by atoms with Gasteiger partial charge >= 0.3 is 5.97 Å². The summed E-state index contributed by atoms with van der Waals surface area (Å²) in [5.74, 6) is -1.27. The maximum atomic E-state index is 11.8. The van der Waals surface area contributed by atoms with Gasteiger partial charge in [0.2, 0.25) is 5.91 Å². The lowest BCUT2D eigenvalue weighted by Gasteiger charge is -2.19. The zero-order valence-corrected chi connectivity index (χ0v) is 12.0. The minimum atomic E-state index is -0.945. The van der Waals surface area contributed by atoms with E-state index < -0.39 is 12.0 Å². The first kappa shape index (κ1) is 16.4. The van der Waals surface area contributed by atoms with Crippen molar-refractivity contribution in [2.75, 3.05) is 0 Å². The molecule has 0 saturated carbocycles. The van der Waals surface area contributed by atoms with Crippen LogP contribution in [-0.2, 0) is 9.59 Å². The molecule has 1 rings (SSSR count). The summed E-state index contributed by atoms with van der Waals surface area (Å²) in [6, 6.07) is 8.47. The molecule has 0 bridgehead atoms. The summed E-state index contributed by atoms with van der Waals surface area (Å²) in [5, 5.41) is 20.3. The molecule has 0 aliphatic carbocycles. The molecular weight excluding hydrogens is 268 g/mol. The maximum Gasteiger partial charge on any atom is 0.305 e. The van der Waals surface area contributed by atoms with Gasteiger partial charge in [-0.25, -0.2) is 0 Å². The third kappa shape index (κ3) is 5.91. The fourth-order valence-electron chi connectivity index (χ4n) is 1.76. The minimum absolute atomic E-state index is 0.0281. The Morgan fingerprint density at radius 2 is 2.14 bits per heavy atom. The zero-order valence-electron chi connectivity index (χ0n) is 12.0. The number of carbonyl (C=O) groups is 2. The smallest absolute Gasteiger partial charge is 0.305 e. The van der Waals surface area contributed by atoms with Crippen LogP contribution in [0.1, 0.15) is 31.4 Å². The van der Waals surface area contributed by atoms with Gasteiger partial charge in [0.15, 0.2) is 0 Å². The Labute approximate surface area is 123 Å². The second-order valence-electron chi connectivity index (χ2n) is 5.03. The number of carbonyl (C=O) groups excluding carboxylic acids is 1. The SMILES string of the molecule is CC(C)C(CC(=O)O)NC(=O)/C=C/c1cccc(C#N)c1. The molecule has 0 saturated heterocycles. The maximum absolute atomic E-state index is 11.8. The van der Waals surface area contributed by atoms with Crippen LogP contribution in [0.25, 0.3) is 6.08 Å². The Balaban J connectivity index is 2.69. The van der Waals surface area contributed by atoms with Crippen molar-refractivity contribution >= 4 is 18.0 Å².